The van der Waals surface area contributed by atoms with Crippen molar-refractivity contribution >= 4 is 11.4 Å². The molecular weight excluding hydrogens is 496 g/mol. The largest absolute Gasteiger partial charge is 0.378 e. The molecule has 0 spiro atoms. The predicted octanol–water partition coefficient (Wildman–Crippen LogP) is 8.89. The van der Waals surface area contributed by atoms with Crippen LogP contribution in [0.15, 0.2) is 97.1 Å². The lowest BCUT2D eigenvalue weighted by Gasteiger charge is -2.45. The lowest BCUT2D eigenvalue weighted by molar-refractivity contribution is 0.395. The summed E-state index contributed by atoms with van der Waals surface area (Å²) in [6, 6.07) is 28.5. The van der Waals surface area contributed by atoms with Gasteiger partial charge in [0.25, 0.3) is 0 Å². The third-order valence-corrected chi connectivity index (χ3v) is 9.70. The van der Waals surface area contributed by atoms with E-state index in [-0.39, 0.29) is 17.3 Å². The van der Waals surface area contributed by atoms with Gasteiger partial charge in [-0.15, -0.1) is 0 Å². The van der Waals surface area contributed by atoms with Crippen LogP contribution in [0.2, 0.25) is 0 Å². The van der Waals surface area contributed by atoms with Crippen LogP contribution in [-0.2, 0) is 5.41 Å². The zero-order valence-electron chi connectivity index (χ0n) is 25.8. The van der Waals surface area contributed by atoms with E-state index >= 15 is 0 Å². The van der Waals surface area contributed by atoms with E-state index in [0.717, 1.165) is 0 Å². The van der Waals surface area contributed by atoms with E-state index in [1.54, 1.807) is 0 Å². The maximum Gasteiger partial charge on any atom is 0.0409 e. The van der Waals surface area contributed by atoms with Gasteiger partial charge in [0.1, 0.15) is 0 Å². The summed E-state index contributed by atoms with van der Waals surface area (Å²) in [6.45, 7) is 9.03. The van der Waals surface area contributed by atoms with Gasteiger partial charge in [0.2, 0.25) is 0 Å². The normalized spacial score (nSPS) is 14.4. The molecule has 2 aliphatic rings. The molecule has 0 N–H and O–H groups in total. The molecule has 0 saturated carbocycles. The first-order chi connectivity index (χ1) is 19.6. The first-order valence-corrected chi connectivity index (χ1v) is 14.8. The van der Waals surface area contributed by atoms with Crippen LogP contribution >= 0.6 is 0 Å². The van der Waals surface area contributed by atoms with Crippen LogP contribution in [0.5, 0.6) is 0 Å². The SMILES string of the molecule is Cc1cc2c(cc1C)C(C(c1ccc(N(C)C)cc1)(c1ccc(N(C)C)cc1)C1C=CC=C1)c1cc(C)c(C)cc1-2. The molecule has 0 aromatic heterocycles. The van der Waals surface area contributed by atoms with Crippen LogP contribution in [0.1, 0.15) is 50.4 Å². The fourth-order valence-electron chi connectivity index (χ4n) is 7.16. The average molecular weight is 539 g/mol. The molecule has 0 aliphatic heterocycles. The number of anilines is 2. The zero-order chi connectivity index (χ0) is 29.1. The number of aryl methyl sites for hydroxylation is 4. The Labute approximate surface area is 246 Å². The van der Waals surface area contributed by atoms with Crippen molar-refractivity contribution in [3.63, 3.8) is 0 Å². The van der Waals surface area contributed by atoms with E-state index in [0.29, 0.717) is 0 Å². The summed E-state index contributed by atoms with van der Waals surface area (Å²) in [4.78, 5) is 4.37. The molecule has 2 aliphatic carbocycles. The molecule has 208 valence electrons. The highest BCUT2D eigenvalue weighted by atomic mass is 15.1. The van der Waals surface area contributed by atoms with E-state index in [4.69, 9.17) is 0 Å². The number of fused-ring (bicyclic) bond motifs is 3. The summed E-state index contributed by atoms with van der Waals surface area (Å²) in [5.74, 6) is 0.351. The molecular formula is C39H42N2. The second kappa shape index (κ2) is 10.1. The van der Waals surface area contributed by atoms with Crippen LogP contribution in [0.3, 0.4) is 0 Å². The number of allylic oxidation sites excluding steroid dienone is 4. The summed E-state index contributed by atoms with van der Waals surface area (Å²) in [7, 11) is 8.46. The molecule has 0 atom stereocenters. The Balaban J connectivity index is 1.75. The Hall–Kier alpha value is -4.04. The quantitative estimate of drug-likeness (QED) is 0.242. The second-order valence-electron chi connectivity index (χ2n) is 12.5. The third-order valence-electron chi connectivity index (χ3n) is 9.70. The van der Waals surface area contributed by atoms with Crippen molar-refractivity contribution < 1.29 is 0 Å². The van der Waals surface area contributed by atoms with Gasteiger partial charge in [0.15, 0.2) is 0 Å². The lowest BCUT2D eigenvalue weighted by atomic mass is 9.56. The molecule has 0 saturated heterocycles. The third kappa shape index (κ3) is 4.23. The topological polar surface area (TPSA) is 6.48 Å². The van der Waals surface area contributed by atoms with Crippen LogP contribution in [0.4, 0.5) is 11.4 Å². The Morgan fingerprint density at radius 1 is 0.512 bits per heavy atom. The van der Waals surface area contributed by atoms with Gasteiger partial charge < -0.3 is 9.80 Å². The van der Waals surface area contributed by atoms with Gasteiger partial charge >= 0.3 is 0 Å². The summed E-state index contributed by atoms with van der Waals surface area (Å²) in [6.07, 6.45) is 9.30. The molecule has 4 aromatic rings. The first-order valence-electron chi connectivity index (χ1n) is 14.8. The van der Waals surface area contributed by atoms with Crippen molar-refractivity contribution in [2.45, 2.75) is 39.0 Å². The molecule has 2 nitrogen and oxygen atoms in total. The van der Waals surface area contributed by atoms with E-state index < -0.39 is 0 Å². The second-order valence-corrected chi connectivity index (χ2v) is 12.5. The predicted molar refractivity (Wildman–Crippen MR) is 177 cm³/mol. The minimum Gasteiger partial charge on any atom is -0.378 e. The first kappa shape index (κ1) is 27.1. The highest BCUT2D eigenvalue weighted by molar-refractivity contribution is 5.83. The van der Waals surface area contributed by atoms with Crippen molar-refractivity contribution in [3.8, 4) is 11.1 Å². The van der Waals surface area contributed by atoms with Crippen LogP contribution in [-0.4, -0.2) is 28.2 Å². The monoisotopic (exact) mass is 538 g/mol. The van der Waals surface area contributed by atoms with Crippen LogP contribution < -0.4 is 9.80 Å². The van der Waals surface area contributed by atoms with E-state index in [1.165, 1.54) is 67.0 Å². The van der Waals surface area contributed by atoms with E-state index in [2.05, 4.69) is 163 Å². The molecule has 0 unspecified atom stereocenters. The maximum atomic E-state index is 2.49. The van der Waals surface area contributed by atoms with Crippen molar-refractivity contribution in [3.05, 3.63) is 142 Å². The number of nitrogens with zero attached hydrogens (tertiary/aromatic N) is 2. The minimum absolute atomic E-state index is 0.152. The molecule has 4 aromatic carbocycles. The summed E-state index contributed by atoms with van der Waals surface area (Å²) in [5, 5.41) is 0. The minimum atomic E-state index is -0.345. The Morgan fingerprint density at radius 2 is 0.878 bits per heavy atom. The molecule has 6 rings (SSSR count). The summed E-state index contributed by atoms with van der Waals surface area (Å²) in [5.41, 5.74) is 15.9. The molecule has 41 heavy (non-hydrogen) atoms. The highest BCUT2D eigenvalue weighted by Gasteiger charge is 2.51. The Bertz CT molecular complexity index is 1550. The number of hydrogen-bond donors (Lipinski definition) is 0. The summed E-state index contributed by atoms with van der Waals surface area (Å²) < 4.78 is 0. The lowest BCUT2D eigenvalue weighted by Crippen LogP contribution is -2.41. The van der Waals surface area contributed by atoms with Crippen molar-refractivity contribution in [1.29, 1.82) is 0 Å². The van der Waals surface area contributed by atoms with E-state index in [9.17, 15) is 0 Å². The van der Waals surface area contributed by atoms with Gasteiger partial charge in [-0.3, -0.25) is 0 Å². The van der Waals surface area contributed by atoms with E-state index in [1.807, 2.05) is 0 Å². The summed E-state index contributed by atoms with van der Waals surface area (Å²) >= 11 is 0. The molecule has 0 amide bonds. The van der Waals surface area contributed by atoms with Gasteiger partial charge in [-0.2, -0.15) is 0 Å². The molecule has 0 bridgehead atoms. The van der Waals surface area contributed by atoms with Crippen LogP contribution in [0.25, 0.3) is 11.1 Å². The van der Waals surface area contributed by atoms with Crippen molar-refractivity contribution in [2.75, 3.05) is 38.0 Å². The van der Waals surface area contributed by atoms with Crippen molar-refractivity contribution in [1.82, 2.24) is 0 Å². The highest BCUT2D eigenvalue weighted by Crippen LogP contribution is 2.61. The Morgan fingerprint density at radius 3 is 1.24 bits per heavy atom. The Kier molecular flexibility index (Phi) is 6.69. The zero-order valence-corrected chi connectivity index (χ0v) is 25.8. The fourth-order valence-corrected chi connectivity index (χ4v) is 7.16. The molecule has 2 heteroatoms. The smallest absolute Gasteiger partial charge is 0.0409 e. The molecule has 0 radical (unpaired) electrons. The molecule has 0 fully saturated rings. The number of hydrogen-bond acceptors (Lipinski definition) is 2. The fraction of sp³-hybridized carbons (Fsp3) is 0.282. The van der Waals surface area contributed by atoms with Gasteiger partial charge in [0.05, 0.1) is 0 Å². The van der Waals surface area contributed by atoms with Gasteiger partial charge in [0, 0.05) is 56.8 Å². The maximum absolute atomic E-state index is 2.49. The van der Waals surface area contributed by atoms with Crippen LogP contribution in [0, 0.1) is 33.6 Å². The number of benzene rings is 4. The van der Waals surface area contributed by atoms with Crippen molar-refractivity contribution in [2.24, 2.45) is 5.92 Å². The average Bonchev–Trinajstić information content (AvgIpc) is 3.59. The van der Waals surface area contributed by atoms with Gasteiger partial charge in [-0.25, -0.2) is 0 Å². The molecule has 0 heterocycles. The number of rotatable bonds is 6. The van der Waals surface area contributed by atoms with Gasteiger partial charge in [-0.05, 0) is 108 Å². The van der Waals surface area contributed by atoms with Gasteiger partial charge in [-0.1, -0.05) is 72.8 Å². The standard InChI is InChI=1S/C39H42N2/c1-25-21-34-35-22-26(2)28(4)24-37(35)38(36(34)23-27(25)3)39(29-11-9-10-12-29,30-13-17-32(18-14-30)40(5)6)31-15-19-33(20-16-31)41(7)8/h9-24,29,38H,1-8H3.